The maximum atomic E-state index is 10.4. The highest BCUT2D eigenvalue weighted by Gasteiger charge is 2.09. The van der Waals surface area contributed by atoms with Crippen molar-refractivity contribution in [2.75, 3.05) is 6.54 Å². The van der Waals surface area contributed by atoms with Crippen molar-refractivity contribution in [3.05, 3.63) is 35.9 Å². The maximum absolute atomic E-state index is 10.4. The molecule has 4 heteroatoms. The normalized spacial score (nSPS) is 12.8. The molecule has 1 rings (SSSR count). The molecule has 0 fully saturated rings. The molecule has 1 aromatic rings. The van der Waals surface area contributed by atoms with Crippen LogP contribution < -0.4 is 5.73 Å². The van der Waals surface area contributed by atoms with Gasteiger partial charge in [-0.3, -0.25) is 9.79 Å². The van der Waals surface area contributed by atoms with Gasteiger partial charge in [-0.05, 0) is 24.8 Å². The minimum absolute atomic E-state index is 0.510. The Morgan fingerprint density at radius 1 is 1.35 bits per heavy atom. The molecule has 1 atom stereocenters. The molecule has 0 bridgehead atoms. The summed E-state index contributed by atoms with van der Waals surface area (Å²) in [5.74, 6) is -0.933. The van der Waals surface area contributed by atoms with Crippen LogP contribution in [0.15, 0.2) is 35.3 Å². The summed E-state index contributed by atoms with van der Waals surface area (Å²) in [6.07, 6.45) is 4.00. The van der Waals surface area contributed by atoms with E-state index >= 15 is 0 Å². The van der Waals surface area contributed by atoms with Crippen LogP contribution in [0.25, 0.3) is 0 Å². The Balaban J connectivity index is 2.12. The lowest BCUT2D eigenvalue weighted by atomic mass is 10.1. The first-order valence-electron chi connectivity index (χ1n) is 5.73. The Kier molecular flexibility index (Phi) is 5.96. The van der Waals surface area contributed by atoms with Crippen LogP contribution in [-0.2, 0) is 4.79 Å². The lowest BCUT2D eigenvalue weighted by molar-refractivity contribution is -0.138. The van der Waals surface area contributed by atoms with E-state index in [2.05, 4.69) is 4.99 Å². The Bertz CT molecular complexity index is 363. The lowest BCUT2D eigenvalue weighted by Gasteiger charge is -2.04. The molecule has 0 radical (unpaired) electrons. The fourth-order valence-corrected chi connectivity index (χ4v) is 1.40. The summed E-state index contributed by atoms with van der Waals surface area (Å²) >= 11 is 0. The first kappa shape index (κ1) is 13.4. The summed E-state index contributed by atoms with van der Waals surface area (Å²) in [4.78, 5) is 14.7. The second-order valence-corrected chi connectivity index (χ2v) is 3.89. The van der Waals surface area contributed by atoms with Gasteiger partial charge in [0.25, 0.3) is 0 Å². The van der Waals surface area contributed by atoms with Gasteiger partial charge in [0.2, 0.25) is 0 Å². The zero-order chi connectivity index (χ0) is 12.5. The molecule has 0 aliphatic rings. The van der Waals surface area contributed by atoms with Crippen LogP contribution in [0.4, 0.5) is 0 Å². The van der Waals surface area contributed by atoms with Gasteiger partial charge in [0, 0.05) is 12.8 Å². The minimum atomic E-state index is -0.933. The number of carboxylic acids is 1. The second kappa shape index (κ2) is 7.57. The van der Waals surface area contributed by atoms with Crippen molar-refractivity contribution in [3.8, 4) is 0 Å². The monoisotopic (exact) mass is 234 g/mol. The Morgan fingerprint density at radius 2 is 2.06 bits per heavy atom. The fourth-order valence-electron chi connectivity index (χ4n) is 1.40. The van der Waals surface area contributed by atoms with Crippen molar-refractivity contribution < 1.29 is 9.90 Å². The number of nitrogens with two attached hydrogens (primary N) is 1. The molecule has 1 aromatic carbocycles. The van der Waals surface area contributed by atoms with Gasteiger partial charge in [-0.25, -0.2) is 0 Å². The van der Waals surface area contributed by atoms with Gasteiger partial charge in [0.05, 0.1) is 0 Å². The Labute approximate surface area is 101 Å². The topological polar surface area (TPSA) is 75.7 Å². The van der Waals surface area contributed by atoms with E-state index in [1.807, 2.05) is 36.5 Å². The molecule has 4 nitrogen and oxygen atoms in total. The SMILES string of the molecule is NC(CCCCN=Cc1ccccc1)C(=O)O. The van der Waals surface area contributed by atoms with Crippen LogP contribution in [0.5, 0.6) is 0 Å². The highest BCUT2D eigenvalue weighted by Crippen LogP contribution is 2.00. The molecule has 1 unspecified atom stereocenters. The number of unbranched alkanes of at least 4 members (excludes halogenated alkanes) is 1. The molecular weight excluding hydrogens is 216 g/mol. The van der Waals surface area contributed by atoms with E-state index in [9.17, 15) is 4.79 Å². The largest absolute Gasteiger partial charge is 0.480 e. The van der Waals surface area contributed by atoms with Gasteiger partial charge in [-0.1, -0.05) is 30.3 Å². The number of hydrogen-bond donors (Lipinski definition) is 2. The summed E-state index contributed by atoms with van der Waals surface area (Å²) in [6, 6.07) is 9.13. The van der Waals surface area contributed by atoms with E-state index in [0.29, 0.717) is 13.0 Å². The number of nitrogens with zero attached hydrogens (tertiary/aromatic N) is 1. The molecule has 0 spiro atoms. The summed E-state index contributed by atoms with van der Waals surface area (Å²) in [6.45, 7) is 0.710. The zero-order valence-corrected chi connectivity index (χ0v) is 9.75. The van der Waals surface area contributed by atoms with Crippen LogP contribution in [0.3, 0.4) is 0 Å². The molecular formula is C13H18N2O2. The van der Waals surface area contributed by atoms with E-state index in [4.69, 9.17) is 10.8 Å². The number of benzene rings is 1. The van der Waals surface area contributed by atoms with E-state index in [1.165, 1.54) is 0 Å². The van der Waals surface area contributed by atoms with Crippen LogP contribution in [0.2, 0.25) is 0 Å². The van der Waals surface area contributed by atoms with E-state index in [1.54, 1.807) is 0 Å². The van der Waals surface area contributed by atoms with Crippen molar-refractivity contribution in [2.24, 2.45) is 10.7 Å². The molecule has 0 aliphatic heterocycles. The van der Waals surface area contributed by atoms with Crippen LogP contribution in [0.1, 0.15) is 24.8 Å². The van der Waals surface area contributed by atoms with Gasteiger partial charge < -0.3 is 10.8 Å². The van der Waals surface area contributed by atoms with Gasteiger partial charge in [0.15, 0.2) is 0 Å². The number of carbonyl (C=O) groups is 1. The Morgan fingerprint density at radius 3 is 2.71 bits per heavy atom. The summed E-state index contributed by atoms with van der Waals surface area (Å²) < 4.78 is 0. The predicted molar refractivity (Wildman–Crippen MR) is 68.4 cm³/mol. The molecule has 0 saturated carbocycles. The van der Waals surface area contributed by atoms with Gasteiger partial charge in [0.1, 0.15) is 6.04 Å². The summed E-state index contributed by atoms with van der Waals surface area (Å²) in [7, 11) is 0. The van der Waals surface area contributed by atoms with Gasteiger partial charge in [-0.15, -0.1) is 0 Å². The summed E-state index contributed by atoms with van der Waals surface area (Å²) in [5.41, 5.74) is 6.46. The zero-order valence-electron chi connectivity index (χ0n) is 9.75. The highest BCUT2D eigenvalue weighted by atomic mass is 16.4. The number of rotatable bonds is 7. The van der Waals surface area contributed by atoms with Crippen molar-refractivity contribution >= 4 is 12.2 Å². The van der Waals surface area contributed by atoms with Crippen molar-refractivity contribution in [3.63, 3.8) is 0 Å². The van der Waals surface area contributed by atoms with Crippen LogP contribution in [0, 0.1) is 0 Å². The van der Waals surface area contributed by atoms with Crippen LogP contribution >= 0.6 is 0 Å². The van der Waals surface area contributed by atoms with E-state index < -0.39 is 12.0 Å². The summed E-state index contributed by atoms with van der Waals surface area (Å²) in [5, 5.41) is 8.58. The quantitative estimate of drug-likeness (QED) is 0.556. The molecule has 3 N–H and O–H groups in total. The maximum Gasteiger partial charge on any atom is 0.320 e. The van der Waals surface area contributed by atoms with Crippen molar-refractivity contribution in [1.29, 1.82) is 0 Å². The predicted octanol–water partition coefficient (Wildman–Crippen LogP) is 1.69. The smallest absolute Gasteiger partial charge is 0.320 e. The first-order chi connectivity index (χ1) is 8.20. The number of hydrogen-bond acceptors (Lipinski definition) is 3. The average molecular weight is 234 g/mol. The van der Waals surface area contributed by atoms with Crippen LogP contribution in [-0.4, -0.2) is 29.9 Å². The molecule has 0 aliphatic carbocycles. The standard InChI is InChI=1S/C13H18N2O2/c14-12(13(16)17)8-4-5-9-15-10-11-6-2-1-3-7-11/h1-3,6-7,10,12H,4-5,8-9,14H2,(H,16,17). The van der Waals surface area contributed by atoms with E-state index in [0.717, 1.165) is 18.4 Å². The third-order valence-corrected chi connectivity index (χ3v) is 2.41. The van der Waals surface area contributed by atoms with Crippen molar-refractivity contribution in [1.82, 2.24) is 0 Å². The first-order valence-corrected chi connectivity index (χ1v) is 5.73. The third kappa shape index (κ3) is 5.82. The molecule has 0 amide bonds. The molecule has 0 heterocycles. The van der Waals surface area contributed by atoms with Gasteiger partial charge >= 0.3 is 5.97 Å². The van der Waals surface area contributed by atoms with Crippen molar-refractivity contribution in [2.45, 2.75) is 25.3 Å². The third-order valence-electron chi connectivity index (χ3n) is 2.41. The molecule has 0 saturated heterocycles. The molecule has 92 valence electrons. The lowest BCUT2D eigenvalue weighted by Crippen LogP contribution is -2.29. The second-order valence-electron chi connectivity index (χ2n) is 3.89. The average Bonchev–Trinajstić information content (AvgIpc) is 2.34. The molecule has 0 aromatic heterocycles. The number of aliphatic imine (C=N–C) groups is 1. The Hall–Kier alpha value is -1.68. The number of carboxylic acid groups (broad SMARTS) is 1. The minimum Gasteiger partial charge on any atom is -0.480 e. The number of aliphatic carboxylic acids is 1. The van der Waals surface area contributed by atoms with E-state index in [-0.39, 0.29) is 0 Å². The fraction of sp³-hybridized carbons (Fsp3) is 0.385. The molecule has 17 heavy (non-hydrogen) atoms. The van der Waals surface area contributed by atoms with Gasteiger partial charge in [-0.2, -0.15) is 0 Å². The highest BCUT2D eigenvalue weighted by molar-refractivity contribution is 5.79.